The summed E-state index contributed by atoms with van der Waals surface area (Å²) in [4.78, 5) is 23.4. The molecule has 0 atom stereocenters. The summed E-state index contributed by atoms with van der Waals surface area (Å²) in [7, 11) is 0. The summed E-state index contributed by atoms with van der Waals surface area (Å²) in [5.41, 5.74) is 3.79. The molecule has 1 N–H and O–H groups in total. The Morgan fingerprint density at radius 3 is 2.63 bits per heavy atom. The summed E-state index contributed by atoms with van der Waals surface area (Å²) in [6, 6.07) is 12.6. The molecular weight excluding hydrogens is 342 g/mol. The van der Waals surface area contributed by atoms with Crippen molar-refractivity contribution in [1.82, 2.24) is 0 Å². The molecule has 0 unspecified atom stereocenters. The molecule has 2 aromatic carbocycles. The third-order valence-electron chi connectivity index (χ3n) is 4.42. The highest BCUT2D eigenvalue weighted by Crippen LogP contribution is 2.29. The molecule has 5 nitrogen and oxygen atoms in total. The van der Waals surface area contributed by atoms with Crippen molar-refractivity contribution in [2.75, 3.05) is 5.32 Å². The fourth-order valence-corrected chi connectivity index (χ4v) is 3.17. The Morgan fingerprint density at radius 2 is 1.93 bits per heavy atom. The van der Waals surface area contributed by atoms with Crippen LogP contribution in [0.15, 0.2) is 51.7 Å². The first-order chi connectivity index (χ1) is 12.8. The second-order valence-electron chi connectivity index (χ2n) is 6.92. The zero-order chi connectivity index (χ0) is 19.6. The van der Waals surface area contributed by atoms with Gasteiger partial charge in [0.2, 0.25) is 5.91 Å². The molecule has 1 amide bonds. The highest BCUT2D eigenvalue weighted by atomic mass is 16.5. The zero-order valence-electron chi connectivity index (χ0n) is 16.0. The van der Waals surface area contributed by atoms with Crippen molar-refractivity contribution in [2.24, 2.45) is 0 Å². The van der Waals surface area contributed by atoms with E-state index in [1.54, 1.807) is 12.1 Å². The molecule has 1 aromatic heterocycles. The van der Waals surface area contributed by atoms with Crippen molar-refractivity contribution in [3.8, 4) is 5.75 Å². The molecule has 0 aliphatic rings. The van der Waals surface area contributed by atoms with Crippen LogP contribution in [-0.4, -0.2) is 5.91 Å². The van der Waals surface area contributed by atoms with Crippen molar-refractivity contribution >= 4 is 22.6 Å². The van der Waals surface area contributed by atoms with Crippen LogP contribution < -0.4 is 15.7 Å². The van der Waals surface area contributed by atoms with Gasteiger partial charge in [0.1, 0.15) is 17.9 Å². The van der Waals surface area contributed by atoms with Crippen LogP contribution in [0.1, 0.15) is 43.4 Å². The summed E-state index contributed by atoms with van der Waals surface area (Å²) < 4.78 is 11.3. The number of anilines is 1. The molecule has 3 rings (SSSR count). The molecule has 3 aromatic rings. The largest absolute Gasteiger partial charge is 0.487 e. The van der Waals surface area contributed by atoms with Crippen molar-refractivity contribution in [1.29, 1.82) is 0 Å². The lowest BCUT2D eigenvalue weighted by atomic mass is 9.95. The van der Waals surface area contributed by atoms with Crippen LogP contribution in [0.3, 0.4) is 0 Å². The number of ether oxygens (including phenoxy) is 1. The maximum atomic E-state index is 12.0. The number of carbonyl (C=O) groups excluding carboxylic acids is 1. The standard InChI is InChI=1S/C22H23NO4/c1-13(2)17-11-18-16(10-22(25)27-21(18)9-14(17)3)12-26-20-8-6-5-7-19(20)23-15(4)24/h5-11,13H,12H2,1-4H3,(H,23,24). The van der Waals surface area contributed by atoms with E-state index in [4.69, 9.17) is 9.15 Å². The maximum absolute atomic E-state index is 12.0. The number of hydrogen-bond donors (Lipinski definition) is 1. The van der Waals surface area contributed by atoms with E-state index >= 15 is 0 Å². The Morgan fingerprint density at radius 1 is 1.19 bits per heavy atom. The average molecular weight is 365 g/mol. The lowest BCUT2D eigenvalue weighted by Gasteiger charge is -2.15. The average Bonchev–Trinajstić information content (AvgIpc) is 2.59. The fraction of sp³-hybridized carbons (Fsp3) is 0.273. The van der Waals surface area contributed by atoms with Gasteiger partial charge in [0.05, 0.1) is 5.69 Å². The zero-order valence-corrected chi connectivity index (χ0v) is 16.0. The molecule has 27 heavy (non-hydrogen) atoms. The molecule has 0 radical (unpaired) electrons. The normalized spacial score (nSPS) is 11.0. The van der Waals surface area contributed by atoms with Crippen molar-refractivity contribution < 1.29 is 13.9 Å². The van der Waals surface area contributed by atoms with E-state index in [9.17, 15) is 9.59 Å². The minimum Gasteiger partial charge on any atom is -0.487 e. The molecule has 140 valence electrons. The minimum absolute atomic E-state index is 0.172. The van der Waals surface area contributed by atoms with Crippen molar-refractivity contribution in [3.05, 3.63) is 69.6 Å². The van der Waals surface area contributed by atoms with Gasteiger partial charge in [-0.15, -0.1) is 0 Å². The van der Waals surface area contributed by atoms with Gasteiger partial charge < -0.3 is 14.5 Å². The van der Waals surface area contributed by atoms with Crippen LogP contribution in [0, 0.1) is 6.92 Å². The second kappa shape index (κ2) is 7.66. The second-order valence-corrected chi connectivity index (χ2v) is 6.92. The molecule has 0 spiro atoms. The quantitative estimate of drug-likeness (QED) is 0.662. The Hall–Kier alpha value is -3.08. The van der Waals surface area contributed by atoms with E-state index in [0.717, 1.165) is 16.5 Å². The number of nitrogens with one attached hydrogen (secondary N) is 1. The molecule has 0 bridgehead atoms. The summed E-state index contributed by atoms with van der Waals surface area (Å²) in [5, 5.41) is 3.61. The monoisotopic (exact) mass is 365 g/mol. The molecule has 0 saturated heterocycles. The number of rotatable bonds is 5. The van der Waals surface area contributed by atoms with Gasteiger partial charge in [0.25, 0.3) is 0 Å². The number of para-hydroxylation sites is 2. The molecule has 0 saturated carbocycles. The number of aryl methyl sites for hydroxylation is 1. The van der Waals surface area contributed by atoms with Gasteiger partial charge in [0.15, 0.2) is 0 Å². The summed E-state index contributed by atoms with van der Waals surface area (Å²) in [5.74, 6) is 0.731. The van der Waals surface area contributed by atoms with Crippen molar-refractivity contribution in [3.63, 3.8) is 0 Å². The molecule has 5 heteroatoms. The van der Waals surface area contributed by atoms with Gasteiger partial charge in [-0.2, -0.15) is 0 Å². The third-order valence-corrected chi connectivity index (χ3v) is 4.42. The Balaban J connectivity index is 1.99. The van der Waals surface area contributed by atoms with E-state index in [1.807, 2.05) is 25.1 Å². The minimum atomic E-state index is -0.409. The molecule has 1 heterocycles. The van der Waals surface area contributed by atoms with Crippen LogP contribution in [0.5, 0.6) is 5.75 Å². The van der Waals surface area contributed by atoms with Crippen LogP contribution in [-0.2, 0) is 11.4 Å². The predicted molar refractivity (Wildman–Crippen MR) is 106 cm³/mol. The van der Waals surface area contributed by atoms with Gasteiger partial charge in [-0.05, 0) is 48.2 Å². The van der Waals surface area contributed by atoms with Gasteiger partial charge in [-0.1, -0.05) is 26.0 Å². The SMILES string of the molecule is CC(=O)Nc1ccccc1OCc1cc(=O)oc2cc(C)c(C(C)C)cc12. The molecular formula is C22H23NO4. The third kappa shape index (κ3) is 4.19. The van der Waals surface area contributed by atoms with E-state index in [2.05, 4.69) is 25.2 Å². The van der Waals surface area contributed by atoms with Crippen LogP contribution in [0.25, 0.3) is 11.0 Å². The number of benzene rings is 2. The van der Waals surface area contributed by atoms with E-state index in [0.29, 0.717) is 22.9 Å². The van der Waals surface area contributed by atoms with Gasteiger partial charge in [-0.25, -0.2) is 4.79 Å². The highest BCUT2D eigenvalue weighted by molar-refractivity contribution is 5.90. The number of amides is 1. The van der Waals surface area contributed by atoms with Crippen molar-refractivity contribution in [2.45, 2.75) is 40.2 Å². The van der Waals surface area contributed by atoms with Gasteiger partial charge in [-0.3, -0.25) is 4.79 Å². The fourth-order valence-electron chi connectivity index (χ4n) is 3.17. The summed E-state index contributed by atoms with van der Waals surface area (Å²) >= 11 is 0. The smallest absolute Gasteiger partial charge is 0.336 e. The van der Waals surface area contributed by atoms with E-state index < -0.39 is 5.63 Å². The predicted octanol–water partition coefficient (Wildman–Crippen LogP) is 4.76. The first-order valence-electron chi connectivity index (χ1n) is 8.92. The first-order valence-corrected chi connectivity index (χ1v) is 8.92. The van der Waals surface area contributed by atoms with Gasteiger partial charge >= 0.3 is 5.63 Å². The highest BCUT2D eigenvalue weighted by Gasteiger charge is 2.13. The lowest BCUT2D eigenvalue weighted by Crippen LogP contribution is -2.09. The summed E-state index contributed by atoms with van der Waals surface area (Å²) in [6.45, 7) is 7.92. The Kier molecular flexibility index (Phi) is 5.31. The van der Waals surface area contributed by atoms with E-state index in [-0.39, 0.29) is 12.5 Å². The number of carbonyl (C=O) groups is 1. The Bertz CT molecular complexity index is 1050. The molecule has 0 aliphatic heterocycles. The van der Waals surface area contributed by atoms with Gasteiger partial charge in [0, 0.05) is 23.9 Å². The summed E-state index contributed by atoms with van der Waals surface area (Å²) in [6.07, 6.45) is 0. The topological polar surface area (TPSA) is 68.5 Å². The molecule has 0 aliphatic carbocycles. The van der Waals surface area contributed by atoms with Crippen LogP contribution in [0.4, 0.5) is 5.69 Å². The number of fused-ring (bicyclic) bond motifs is 1. The maximum Gasteiger partial charge on any atom is 0.336 e. The number of hydrogen-bond acceptors (Lipinski definition) is 4. The first kappa shape index (κ1) is 18.7. The lowest BCUT2D eigenvalue weighted by molar-refractivity contribution is -0.114. The Labute approximate surface area is 158 Å². The molecule has 0 fully saturated rings. The van der Waals surface area contributed by atoms with E-state index in [1.165, 1.54) is 18.6 Å². The van der Waals surface area contributed by atoms with Crippen LogP contribution >= 0.6 is 0 Å². The van der Waals surface area contributed by atoms with Crippen LogP contribution in [0.2, 0.25) is 0 Å².